The first-order chi connectivity index (χ1) is 10.3. The van der Waals surface area contributed by atoms with Gasteiger partial charge in [0.15, 0.2) is 0 Å². The molecule has 5 aliphatic carbocycles. The number of hydrogen-bond donors (Lipinski definition) is 0. The molecule has 5 aliphatic rings. The molecule has 2 bridgehead atoms. The fraction of sp³-hybridized carbons (Fsp3) is 0.737. The predicted molar refractivity (Wildman–Crippen MR) is 81.5 cm³/mol. The fourth-order valence-corrected chi connectivity index (χ4v) is 8.00. The summed E-state index contributed by atoms with van der Waals surface area (Å²) >= 11 is 0. The zero-order chi connectivity index (χ0) is 13.7. The minimum Gasteiger partial charge on any atom is -0.302 e. The molecular formula is C19H24N2. The van der Waals surface area contributed by atoms with Gasteiger partial charge in [0, 0.05) is 30.9 Å². The maximum absolute atomic E-state index is 4.49. The Kier molecular flexibility index (Phi) is 2.06. The van der Waals surface area contributed by atoms with Gasteiger partial charge in [-0.1, -0.05) is 6.07 Å². The van der Waals surface area contributed by atoms with Crippen molar-refractivity contribution in [3.05, 3.63) is 30.1 Å². The van der Waals surface area contributed by atoms with Gasteiger partial charge in [-0.25, -0.2) is 0 Å². The molecule has 2 nitrogen and oxygen atoms in total. The molecule has 0 spiro atoms. The summed E-state index contributed by atoms with van der Waals surface area (Å²) in [5.74, 6) is 9.08. The molecule has 0 aromatic carbocycles. The van der Waals surface area contributed by atoms with Crippen molar-refractivity contribution in [2.24, 2.45) is 47.3 Å². The molecule has 0 N–H and O–H groups in total. The average Bonchev–Trinajstić information content (AvgIpc) is 3.05. The van der Waals surface area contributed by atoms with Crippen molar-refractivity contribution in [2.45, 2.75) is 25.3 Å². The van der Waals surface area contributed by atoms with E-state index in [0.717, 1.165) is 48.0 Å². The van der Waals surface area contributed by atoms with Crippen molar-refractivity contribution in [1.29, 1.82) is 0 Å². The first-order valence-corrected chi connectivity index (χ1v) is 8.95. The van der Waals surface area contributed by atoms with Gasteiger partial charge < -0.3 is 4.90 Å². The smallest absolute Gasteiger partial charge is 0.0416 e. The van der Waals surface area contributed by atoms with Gasteiger partial charge in [-0.3, -0.25) is 4.98 Å². The Bertz CT molecular complexity index is 578. The first kappa shape index (κ1) is 11.6. The summed E-state index contributed by atoms with van der Waals surface area (Å²) < 4.78 is 0. The summed E-state index contributed by atoms with van der Waals surface area (Å²) in [6.07, 6.45) is 6.27. The zero-order valence-electron chi connectivity index (χ0n) is 12.7. The van der Waals surface area contributed by atoms with Gasteiger partial charge in [0.25, 0.3) is 0 Å². The van der Waals surface area contributed by atoms with Gasteiger partial charge in [-0.05, 0) is 79.4 Å². The monoisotopic (exact) mass is 280 g/mol. The molecule has 21 heavy (non-hydrogen) atoms. The Morgan fingerprint density at radius 2 is 1.81 bits per heavy atom. The highest BCUT2D eigenvalue weighted by atomic mass is 15.2. The third-order valence-electron chi connectivity index (χ3n) is 8.24. The van der Waals surface area contributed by atoms with E-state index in [2.05, 4.69) is 29.1 Å². The normalized spacial score (nSPS) is 53.9. The molecule has 1 aromatic rings. The number of likely N-dealkylation sites (N-methyl/N-ethyl adjacent to an activating group) is 1. The van der Waals surface area contributed by atoms with Crippen LogP contribution >= 0.6 is 0 Å². The number of fused-ring (bicyclic) bond motifs is 2. The highest BCUT2D eigenvalue weighted by Crippen LogP contribution is 2.83. The molecule has 6 rings (SSSR count). The van der Waals surface area contributed by atoms with Crippen molar-refractivity contribution in [2.75, 3.05) is 13.6 Å². The lowest BCUT2D eigenvalue weighted by Gasteiger charge is -2.50. The second-order valence-electron chi connectivity index (χ2n) is 8.48. The highest BCUT2D eigenvalue weighted by Gasteiger charge is 2.80. The van der Waals surface area contributed by atoms with Crippen LogP contribution in [0.3, 0.4) is 0 Å². The zero-order valence-corrected chi connectivity index (χ0v) is 12.7. The lowest BCUT2D eigenvalue weighted by atomic mass is 9.58. The van der Waals surface area contributed by atoms with Crippen LogP contribution in [0, 0.1) is 47.3 Å². The van der Waals surface area contributed by atoms with Crippen LogP contribution < -0.4 is 0 Å². The minimum atomic E-state index is 0.927. The predicted octanol–water partition coefficient (Wildman–Crippen LogP) is 2.70. The van der Waals surface area contributed by atoms with Crippen LogP contribution in [0.2, 0.25) is 0 Å². The number of pyridine rings is 1. The third kappa shape index (κ3) is 1.21. The summed E-state index contributed by atoms with van der Waals surface area (Å²) in [7, 11) is 2.40. The topological polar surface area (TPSA) is 16.1 Å². The molecule has 1 aromatic heterocycles. The molecule has 0 amide bonds. The summed E-state index contributed by atoms with van der Waals surface area (Å²) in [6, 6.07) is 7.24. The summed E-state index contributed by atoms with van der Waals surface area (Å²) in [4.78, 5) is 7.23. The second-order valence-corrected chi connectivity index (χ2v) is 8.48. The highest BCUT2D eigenvalue weighted by molar-refractivity contribution is 5.29. The molecule has 8 unspecified atom stereocenters. The Hall–Kier alpha value is -0.890. The molecule has 9 atom stereocenters. The van der Waals surface area contributed by atoms with E-state index in [-0.39, 0.29) is 0 Å². The van der Waals surface area contributed by atoms with E-state index in [9.17, 15) is 0 Å². The van der Waals surface area contributed by atoms with Gasteiger partial charge in [0.1, 0.15) is 0 Å². The Labute approximate surface area is 126 Å². The van der Waals surface area contributed by atoms with Gasteiger partial charge in [-0.15, -0.1) is 0 Å². The van der Waals surface area contributed by atoms with Crippen molar-refractivity contribution in [3.63, 3.8) is 0 Å². The van der Waals surface area contributed by atoms with Crippen molar-refractivity contribution in [1.82, 2.24) is 9.88 Å². The first-order valence-electron chi connectivity index (χ1n) is 8.95. The lowest BCUT2D eigenvalue weighted by molar-refractivity contribution is -0.0197. The lowest BCUT2D eigenvalue weighted by Crippen LogP contribution is -2.52. The minimum absolute atomic E-state index is 0.927. The van der Waals surface area contributed by atoms with E-state index in [0.29, 0.717) is 0 Å². The number of aromatic nitrogens is 1. The van der Waals surface area contributed by atoms with Crippen LogP contribution in [0.5, 0.6) is 0 Å². The molecule has 5 saturated carbocycles. The van der Waals surface area contributed by atoms with Crippen LogP contribution in [0.15, 0.2) is 24.4 Å². The SMILES string of the molecule is CN(CCc1ccccn1)[C@H]1C2C3CC4C5C3CC2C5C41. The fourth-order valence-electron chi connectivity index (χ4n) is 8.00. The van der Waals surface area contributed by atoms with Gasteiger partial charge in [0.05, 0.1) is 0 Å². The van der Waals surface area contributed by atoms with Crippen LogP contribution in [-0.2, 0) is 6.42 Å². The molecule has 0 aliphatic heterocycles. The summed E-state index contributed by atoms with van der Waals surface area (Å²) in [5, 5.41) is 0. The van der Waals surface area contributed by atoms with Crippen molar-refractivity contribution < 1.29 is 0 Å². The number of rotatable bonds is 4. The number of nitrogens with zero attached hydrogens (tertiary/aromatic N) is 2. The quantitative estimate of drug-likeness (QED) is 0.843. The van der Waals surface area contributed by atoms with E-state index in [1.54, 1.807) is 12.8 Å². The summed E-state index contributed by atoms with van der Waals surface area (Å²) in [5.41, 5.74) is 1.26. The molecule has 0 saturated heterocycles. The maximum Gasteiger partial charge on any atom is 0.0416 e. The van der Waals surface area contributed by atoms with Crippen LogP contribution in [0.4, 0.5) is 0 Å². The van der Waals surface area contributed by atoms with E-state index in [1.807, 2.05) is 12.3 Å². The van der Waals surface area contributed by atoms with Crippen LogP contribution in [0.25, 0.3) is 0 Å². The molecule has 1 heterocycles. The molecule has 5 fully saturated rings. The molecular weight excluding hydrogens is 256 g/mol. The second kappa shape index (κ2) is 3.71. The van der Waals surface area contributed by atoms with E-state index >= 15 is 0 Å². The van der Waals surface area contributed by atoms with Crippen LogP contribution in [0.1, 0.15) is 18.5 Å². The largest absolute Gasteiger partial charge is 0.302 e. The summed E-state index contributed by atoms with van der Waals surface area (Å²) in [6.45, 7) is 1.20. The molecule has 110 valence electrons. The van der Waals surface area contributed by atoms with Gasteiger partial charge >= 0.3 is 0 Å². The van der Waals surface area contributed by atoms with Crippen molar-refractivity contribution >= 4 is 0 Å². The molecule has 0 radical (unpaired) electrons. The van der Waals surface area contributed by atoms with Crippen LogP contribution in [-0.4, -0.2) is 29.5 Å². The Morgan fingerprint density at radius 1 is 1.00 bits per heavy atom. The van der Waals surface area contributed by atoms with Gasteiger partial charge in [-0.2, -0.15) is 0 Å². The van der Waals surface area contributed by atoms with Crippen molar-refractivity contribution in [3.8, 4) is 0 Å². The Morgan fingerprint density at radius 3 is 2.62 bits per heavy atom. The van der Waals surface area contributed by atoms with E-state index in [1.165, 1.54) is 24.1 Å². The van der Waals surface area contributed by atoms with E-state index in [4.69, 9.17) is 0 Å². The Balaban J connectivity index is 1.23. The maximum atomic E-state index is 4.49. The standard InChI is InChI=1S/C19H24N2/c1-21(7-5-10-4-2-3-6-20-10)19-16-12-9-13-15-11(12)8-14(16)17(15)18(13)19/h2-4,6,11-19H,5,7-9H2,1H3/t11?,12?,13?,14?,15?,16?,17?,18?,19-/m0/s1. The average molecular weight is 280 g/mol. The van der Waals surface area contributed by atoms with E-state index < -0.39 is 0 Å². The number of hydrogen-bond acceptors (Lipinski definition) is 2. The molecule has 2 heteroatoms. The third-order valence-corrected chi connectivity index (χ3v) is 8.24. The van der Waals surface area contributed by atoms with Gasteiger partial charge in [0.2, 0.25) is 0 Å².